The Bertz CT molecular complexity index is 339. The van der Waals surface area contributed by atoms with Gasteiger partial charge < -0.3 is 5.32 Å². The van der Waals surface area contributed by atoms with Crippen molar-refractivity contribution in [3.8, 4) is 0 Å². The Morgan fingerprint density at radius 1 is 1.19 bits per heavy atom. The highest BCUT2D eigenvalue weighted by atomic mass is 32.2. The molecule has 1 saturated heterocycles. The van der Waals surface area contributed by atoms with E-state index in [1.54, 1.807) is 0 Å². The molecule has 0 aliphatic carbocycles. The third-order valence-electron chi connectivity index (χ3n) is 3.41. The molecule has 0 radical (unpaired) electrons. The summed E-state index contributed by atoms with van der Waals surface area (Å²) in [6.45, 7) is 11.6. The van der Waals surface area contributed by atoms with E-state index in [4.69, 9.17) is 0 Å². The molecule has 1 heterocycles. The summed E-state index contributed by atoms with van der Waals surface area (Å²) < 4.78 is 22.9. The molecule has 0 aromatic carbocycles. The van der Waals surface area contributed by atoms with Crippen LogP contribution in [0.1, 0.15) is 41.0 Å². The number of nitrogens with one attached hydrogen (secondary N) is 1. The largest absolute Gasteiger partial charge is 0.312 e. The molecule has 0 bridgehead atoms. The molecule has 1 fully saturated rings. The zero-order valence-corrected chi connectivity index (χ0v) is 11.9. The first kappa shape index (κ1) is 14.0. The quantitative estimate of drug-likeness (QED) is 0.827. The topological polar surface area (TPSA) is 46.2 Å². The molecule has 1 N–H and O–H groups in total. The second-order valence-corrected chi connectivity index (χ2v) is 8.92. The summed E-state index contributed by atoms with van der Waals surface area (Å²) in [6, 6.07) is 0. The van der Waals surface area contributed by atoms with Gasteiger partial charge in [-0.25, -0.2) is 8.42 Å². The Morgan fingerprint density at radius 2 is 1.75 bits per heavy atom. The van der Waals surface area contributed by atoms with Gasteiger partial charge in [-0.1, -0.05) is 13.8 Å². The molecular weight excluding hydrogens is 222 g/mol. The van der Waals surface area contributed by atoms with Crippen LogP contribution in [0.4, 0.5) is 0 Å². The molecule has 0 amide bonds. The molecule has 96 valence electrons. The van der Waals surface area contributed by atoms with Crippen molar-refractivity contribution in [3.63, 3.8) is 0 Å². The van der Waals surface area contributed by atoms with Crippen LogP contribution in [0, 0.1) is 11.3 Å². The fourth-order valence-corrected chi connectivity index (χ4v) is 4.09. The van der Waals surface area contributed by atoms with Crippen molar-refractivity contribution in [2.24, 2.45) is 11.3 Å². The van der Waals surface area contributed by atoms with Gasteiger partial charge in [0.2, 0.25) is 0 Å². The Kier molecular flexibility index (Phi) is 3.75. The molecule has 4 heteroatoms. The smallest absolute Gasteiger partial charge is 0.150 e. The zero-order valence-electron chi connectivity index (χ0n) is 11.1. The van der Waals surface area contributed by atoms with Crippen molar-refractivity contribution in [1.29, 1.82) is 0 Å². The zero-order chi connectivity index (χ0) is 12.6. The lowest BCUT2D eigenvalue weighted by Crippen LogP contribution is -2.44. The third-order valence-corrected chi connectivity index (χ3v) is 5.18. The maximum atomic E-state index is 11.5. The average molecular weight is 247 g/mol. The van der Waals surface area contributed by atoms with E-state index in [0.717, 1.165) is 13.0 Å². The number of rotatable bonds is 3. The van der Waals surface area contributed by atoms with Crippen LogP contribution in [0.15, 0.2) is 0 Å². The van der Waals surface area contributed by atoms with E-state index in [1.165, 1.54) is 0 Å². The van der Waals surface area contributed by atoms with Crippen molar-refractivity contribution >= 4 is 9.84 Å². The van der Waals surface area contributed by atoms with E-state index in [2.05, 4.69) is 39.9 Å². The molecule has 1 aliphatic rings. The number of hydrogen-bond donors (Lipinski definition) is 1. The van der Waals surface area contributed by atoms with E-state index >= 15 is 0 Å². The monoisotopic (exact) mass is 247 g/mol. The molecule has 1 rings (SSSR count). The molecule has 1 aliphatic heterocycles. The van der Waals surface area contributed by atoms with Crippen LogP contribution < -0.4 is 5.32 Å². The minimum Gasteiger partial charge on any atom is -0.312 e. The number of hydrogen-bond acceptors (Lipinski definition) is 3. The molecule has 0 aromatic rings. The van der Waals surface area contributed by atoms with Gasteiger partial charge in [0.1, 0.15) is 0 Å². The second kappa shape index (κ2) is 4.30. The summed E-state index contributed by atoms with van der Waals surface area (Å²) in [5, 5.41) is 3.47. The van der Waals surface area contributed by atoms with Gasteiger partial charge in [0.25, 0.3) is 0 Å². The highest BCUT2D eigenvalue weighted by Crippen LogP contribution is 2.35. The van der Waals surface area contributed by atoms with Crippen molar-refractivity contribution in [1.82, 2.24) is 5.32 Å². The van der Waals surface area contributed by atoms with Crippen molar-refractivity contribution in [2.75, 3.05) is 18.1 Å². The SMILES string of the molecule is CC(C)(C)NCC(C)(C)C1CCS(=O)(=O)C1. The molecule has 0 spiro atoms. The average Bonchev–Trinajstić information content (AvgIpc) is 2.42. The second-order valence-electron chi connectivity index (χ2n) is 6.69. The lowest BCUT2D eigenvalue weighted by molar-refractivity contribution is 0.204. The van der Waals surface area contributed by atoms with E-state index in [9.17, 15) is 8.42 Å². The van der Waals surface area contributed by atoms with Gasteiger partial charge in [-0.3, -0.25) is 0 Å². The molecule has 0 saturated carbocycles. The predicted molar refractivity (Wildman–Crippen MR) is 68.3 cm³/mol. The first-order valence-electron chi connectivity index (χ1n) is 5.97. The highest BCUT2D eigenvalue weighted by Gasteiger charge is 2.38. The van der Waals surface area contributed by atoms with Gasteiger partial charge in [0.15, 0.2) is 9.84 Å². The van der Waals surface area contributed by atoms with Crippen LogP contribution in [-0.4, -0.2) is 32.0 Å². The van der Waals surface area contributed by atoms with Crippen LogP contribution in [0.5, 0.6) is 0 Å². The van der Waals surface area contributed by atoms with E-state index in [1.807, 2.05) is 0 Å². The molecule has 1 unspecified atom stereocenters. The van der Waals surface area contributed by atoms with Gasteiger partial charge in [-0.2, -0.15) is 0 Å². The van der Waals surface area contributed by atoms with Crippen LogP contribution in [0.3, 0.4) is 0 Å². The number of sulfone groups is 1. The first-order valence-corrected chi connectivity index (χ1v) is 7.79. The fourth-order valence-electron chi connectivity index (χ4n) is 2.05. The molecule has 0 aromatic heterocycles. The first-order chi connectivity index (χ1) is 7.02. The molecule has 3 nitrogen and oxygen atoms in total. The summed E-state index contributed by atoms with van der Waals surface area (Å²) in [6.07, 6.45) is 0.821. The molecule has 1 atom stereocenters. The lowest BCUT2D eigenvalue weighted by atomic mass is 9.78. The van der Waals surface area contributed by atoms with Crippen LogP contribution >= 0.6 is 0 Å². The van der Waals surface area contributed by atoms with Crippen LogP contribution in [-0.2, 0) is 9.84 Å². The summed E-state index contributed by atoms with van der Waals surface area (Å²) in [7, 11) is -2.76. The summed E-state index contributed by atoms with van der Waals surface area (Å²) in [4.78, 5) is 0. The van der Waals surface area contributed by atoms with Crippen molar-refractivity contribution in [3.05, 3.63) is 0 Å². The normalized spacial score (nSPS) is 25.9. The van der Waals surface area contributed by atoms with E-state index in [0.29, 0.717) is 17.4 Å². The van der Waals surface area contributed by atoms with Gasteiger partial charge in [-0.15, -0.1) is 0 Å². The summed E-state index contributed by atoms with van der Waals surface area (Å²) >= 11 is 0. The van der Waals surface area contributed by atoms with Crippen LogP contribution in [0.25, 0.3) is 0 Å². The van der Waals surface area contributed by atoms with Gasteiger partial charge >= 0.3 is 0 Å². The minimum atomic E-state index is -2.76. The highest BCUT2D eigenvalue weighted by molar-refractivity contribution is 7.91. The standard InChI is InChI=1S/C12H25NO2S/c1-11(2,3)13-9-12(4,5)10-6-7-16(14,15)8-10/h10,13H,6-9H2,1-5H3. The van der Waals surface area contributed by atoms with E-state index in [-0.39, 0.29) is 11.0 Å². The van der Waals surface area contributed by atoms with Crippen molar-refractivity contribution in [2.45, 2.75) is 46.6 Å². The maximum Gasteiger partial charge on any atom is 0.150 e. The van der Waals surface area contributed by atoms with E-state index < -0.39 is 9.84 Å². The Morgan fingerprint density at radius 3 is 2.12 bits per heavy atom. The fraction of sp³-hybridized carbons (Fsp3) is 1.00. The maximum absolute atomic E-state index is 11.5. The third kappa shape index (κ3) is 4.06. The predicted octanol–water partition coefficient (Wildman–Crippen LogP) is 1.84. The Labute approximate surface area is 99.9 Å². The van der Waals surface area contributed by atoms with Crippen molar-refractivity contribution < 1.29 is 8.42 Å². The summed E-state index contributed by atoms with van der Waals surface area (Å²) in [5.41, 5.74) is 0.144. The van der Waals surface area contributed by atoms with Gasteiger partial charge in [0.05, 0.1) is 11.5 Å². The van der Waals surface area contributed by atoms with Crippen LogP contribution in [0.2, 0.25) is 0 Å². The summed E-state index contributed by atoms with van der Waals surface area (Å²) in [5.74, 6) is 1.04. The Balaban J connectivity index is 2.58. The lowest BCUT2D eigenvalue weighted by Gasteiger charge is -2.34. The Hall–Kier alpha value is -0.0900. The molecule has 16 heavy (non-hydrogen) atoms. The van der Waals surface area contributed by atoms with Gasteiger partial charge in [-0.05, 0) is 38.5 Å². The minimum absolute atomic E-state index is 0.0524. The van der Waals surface area contributed by atoms with Gasteiger partial charge in [0, 0.05) is 12.1 Å². The molecular formula is C12H25NO2S.